The Morgan fingerprint density at radius 3 is 2.88 bits per heavy atom. The van der Waals surface area contributed by atoms with Gasteiger partial charge in [0.15, 0.2) is 0 Å². The molecule has 1 aromatic carbocycles. The van der Waals surface area contributed by atoms with E-state index < -0.39 is 0 Å². The molecule has 4 nitrogen and oxygen atoms in total. The largest absolute Gasteiger partial charge is 0.467 e. The fraction of sp³-hybridized carbons (Fsp3) is 0.0833. The first-order valence-corrected chi connectivity index (χ1v) is 4.85. The van der Waals surface area contributed by atoms with E-state index in [9.17, 15) is 0 Å². The molecule has 80 valence electrons. The van der Waals surface area contributed by atoms with Crippen molar-refractivity contribution < 1.29 is 4.42 Å². The van der Waals surface area contributed by atoms with Crippen LogP contribution in [0.5, 0.6) is 0 Å². The van der Waals surface area contributed by atoms with Crippen LogP contribution in [0.25, 0.3) is 0 Å². The van der Waals surface area contributed by atoms with Crippen LogP contribution >= 0.6 is 0 Å². The van der Waals surface area contributed by atoms with Crippen LogP contribution in [0.4, 0.5) is 11.4 Å². The monoisotopic (exact) mass is 213 g/mol. The summed E-state index contributed by atoms with van der Waals surface area (Å²) in [5.74, 6) is 0.850. The van der Waals surface area contributed by atoms with Gasteiger partial charge in [0, 0.05) is 5.69 Å². The molecule has 0 saturated carbocycles. The van der Waals surface area contributed by atoms with Gasteiger partial charge in [-0.1, -0.05) is 0 Å². The summed E-state index contributed by atoms with van der Waals surface area (Å²) in [5.41, 5.74) is 7.53. The summed E-state index contributed by atoms with van der Waals surface area (Å²) in [7, 11) is 0. The second kappa shape index (κ2) is 4.41. The standard InChI is InChI=1S/C12H11N3O/c13-7-9-3-4-10(6-12(9)14)15-8-11-2-1-5-16-11/h1-6,15H,8,14H2. The molecule has 2 aromatic rings. The van der Waals surface area contributed by atoms with Crippen LogP contribution in [-0.4, -0.2) is 0 Å². The van der Waals surface area contributed by atoms with Crippen molar-refractivity contribution in [3.05, 3.63) is 47.9 Å². The van der Waals surface area contributed by atoms with E-state index in [0.29, 0.717) is 17.8 Å². The molecule has 0 saturated heterocycles. The molecule has 2 rings (SSSR count). The van der Waals surface area contributed by atoms with Crippen molar-refractivity contribution in [2.75, 3.05) is 11.1 Å². The van der Waals surface area contributed by atoms with Crippen LogP contribution in [-0.2, 0) is 6.54 Å². The van der Waals surface area contributed by atoms with Crippen LogP contribution in [0.15, 0.2) is 41.0 Å². The molecule has 0 atom stereocenters. The van der Waals surface area contributed by atoms with Gasteiger partial charge in [-0.05, 0) is 30.3 Å². The van der Waals surface area contributed by atoms with Gasteiger partial charge in [-0.25, -0.2) is 0 Å². The molecule has 0 unspecified atom stereocenters. The van der Waals surface area contributed by atoms with Crippen LogP contribution in [0.3, 0.4) is 0 Å². The molecule has 1 heterocycles. The van der Waals surface area contributed by atoms with Crippen molar-refractivity contribution in [2.24, 2.45) is 0 Å². The first-order chi connectivity index (χ1) is 7.79. The smallest absolute Gasteiger partial charge is 0.122 e. The Bertz CT molecular complexity index is 512. The molecule has 0 aliphatic carbocycles. The lowest BCUT2D eigenvalue weighted by Gasteiger charge is -2.05. The zero-order valence-corrected chi connectivity index (χ0v) is 8.60. The molecular formula is C12H11N3O. The average Bonchev–Trinajstić information content (AvgIpc) is 2.79. The van der Waals surface area contributed by atoms with Crippen molar-refractivity contribution in [2.45, 2.75) is 6.54 Å². The summed E-state index contributed by atoms with van der Waals surface area (Å²) in [6.07, 6.45) is 1.63. The second-order valence-electron chi connectivity index (χ2n) is 3.35. The minimum absolute atomic E-state index is 0.479. The third-order valence-corrected chi connectivity index (χ3v) is 2.22. The predicted octanol–water partition coefficient (Wildman–Crippen LogP) is 2.35. The molecule has 16 heavy (non-hydrogen) atoms. The van der Waals surface area contributed by atoms with Crippen molar-refractivity contribution in [3.8, 4) is 6.07 Å². The fourth-order valence-electron chi connectivity index (χ4n) is 1.38. The van der Waals surface area contributed by atoms with Crippen LogP contribution < -0.4 is 11.1 Å². The minimum atomic E-state index is 0.479. The Morgan fingerprint density at radius 2 is 2.25 bits per heavy atom. The summed E-state index contributed by atoms with van der Waals surface area (Å²) < 4.78 is 5.18. The highest BCUT2D eigenvalue weighted by atomic mass is 16.3. The van der Waals surface area contributed by atoms with E-state index in [1.807, 2.05) is 24.3 Å². The molecule has 0 spiro atoms. The number of nitrogen functional groups attached to an aromatic ring is 1. The molecule has 0 aliphatic rings. The first kappa shape index (κ1) is 10.1. The number of nitriles is 1. The molecule has 0 fully saturated rings. The SMILES string of the molecule is N#Cc1ccc(NCc2ccco2)cc1N. The van der Waals surface area contributed by atoms with E-state index in [-0.39, 0.29) is 0 Å². The maximum atomic E-state index is 8.72. The molecular weight excluding hydrogens is 202 g/mol. The molecule has 0 radical (unpaired) electrons. The number of benzene rings is 1. The number of furan rings is 1. The van der Waals surface area contributed by atoms with Crippen LogP contribution in [0.2, 0.25) is 0 Å². The molecule has 0 aliphatic heterocycles. The third-order valence-electron chi connectivity index (χ3n) is 2.22. The van der Waals surface area contributed by atoms with Crippen LogP contribution in [0, 0.1) is 11.3 Å². The van der Waals surface area contributed by atoms with Gasteiger partial charge in [-0.15, -0.1) is 0 Å². The van der Waals surface area contributed by atoms with Crippen LogP contribution in [0.1, 0.15) is 11.3 Å². The topological polar surface area (TPSA) is 75.0 Å². The van der Waals surface area contributed by atoms with Gasteiger partial charge in [-0.3, -0.25) is 0 Å². The Hall–Kier alpha value is -2.41. The lowest BCUT2D eigenvalue weighted by atomic mass is 10.2. The number of anilines is 2. The number of nitrogens with two attached hydrogens (primary N) is 1. The highest BCUT2D eigenvalue weighted by molar-refractivity contribution is 5.62. The maximum absolute atomic E-state index is 8.72. The predicted molar refractivity (Wildman–Crippen MR) is 61.6 cm³/mol. The summed E-state index contributed by atoms with van der Waals surface area (Å²) >= 11 is 0. The number of hydrogen-bond acceptors (Lipinski definition) is 4. The summed E-state index contributed by atoms with van der Waals surface area (Å²) in [4.78, 5) is 0. The van der Waals surface area contributed by atoms with Gasteiger partial charge >= 0.3 is 0 Å². The van der Waals surface area contributed by atoms with E-state index in [2.05, 4.69) is 5.32 Å². The van der Waals surface area contributed by atoms with Crippen molar-refractivity contribution in [3.63, 3.8) is 0 Å². The lowest BCUT2D eigenvalue weighted by molar-refractivity contribution is 0.518. The van der Waals surface area contributed by atoms with E-state index in [4.69, 9.17) is 15.4 Å². The quantitative estimate of drug-likeness (QED) is 0.767. The van der Waals surface area contributed by atoms with Gasteiger partial charge in [0.25, 0.3) is 0 Å². The molecule has 4 heteroatoms. The number of hydrogen-bond donors (Lipinski definition) is 2. The van der Waals surface area contributed by atoms with Crippen molar-refractivity contribution in [1.29, 1.82) is 5.26 Å². The molecule has 0 bridgehead atoms. The Balaban J connectivity index is 2.06. The van der Waals surface area contributed by atoms with E-state index in [0.717, 1.165) is 11.4 Å². The van der Waals surface area contributed by atoms with E-state index >= 15 is 0 Å². The summed E-state index contributed by atoms with van der Waals surface area (Å²) in [6, 6.07) is 11.0. The van der Waals surface area contributed by atoms with E-state index in [1.54, 1.807) is 18.4 Å². The van der Waals surface area contributed by atoms with Gasteiger partial charge < -0.3 is 15.5 Å². The summed E-state index contributed by atoms with van der Waals surface area (Å²) in [5, 5.41) is 11.9. The van der Waals surface area contributed by atoms with E-state index in [1.165, 1.54) is 0 Å². The number of nitrogens with one attached hydrogen (secondary N) is 1. The zero-order chi connectivity index (χ0) is 11.4. The van der Waals surface area contributed by atoms with Crippen molar-refractivity contribution in [1.82, 2.24) is 0 Å². The highest BCUT2D eigenvalue weighted by Gasteiger charge is 2.00. The van der Waals surface area contributed by atoms with Gasteiger partial charge in [0.05, 0.1) is 24.1 Å². The highest BCUT2D eigenvalue weighted by Crippen LogP contribution is 2.17. The Labute approximate surface area is 93.3 Å². The Kier molecular flexibility index (Phi) is 2.79. The van der Waals surface area contributed by atoms with Crippen molar-refractivity contribution >= 4 is 11.4 Å². The third kappa shape index (κ3) is 2.15. The molecule has 0 amide bonds. The minimum Gasteiger partial charge on any atom is -0.467 e. The lowest BCUT2D eigenvalue weighted by Crippen LogP contribution is -1.99. The van der Waals surface area contributed by atoms with Gasteiger partial charge in [0.1, 0.15) is 11.8 Å². The number of nitrogens with zero attached hydrogens (tertiary/aromatic N) is 1. The first-order valence-electron chi connectivity index (χ1n) is 4.85. The fourth-order valence-corrected chi connectivity index (χ4v) is 1.38. The average molecular weight is 213 g/mol. The summed E-state index contributed by atoms with van der Waals surface area (Å²) in [6.45, 7) is 0.596. The molecule has 1 aromatic heterocycles. The van der Waals surface area contributed by atoms with Gasteiger partial charge in [-0.2, -0.15) is 5.26 Å². The Morgan fingerprint density at radius 1 is 1.38 bits per heavy atom. The zero-order valence-electron chi connectivity index (χ0n) is 8.60. The number of rotatable bonds is 3. The normalized spacial score (nSPS) is 9.69. The maximum Gasteiger partial charge on any atom is 0.122 e. The second-order valence-corrected chi connectivity index (χ2v) is 3.35. The molecule has 3 N–H and O–H groups in total. The van der Waals surface area contributed by atoms with Gasteiger partial charge in [0.2, 0.25) is 0 Å².